The first-order valence-electron chi connectivity index (χ1n) is 5.72. The molecule has 5 heteroatoms. The highest BCUT2D eigenvalue weighted by molar-refractivity contribution is 7.10. The van der Waals surface area contributed by atoms with Crippen molar-refractivity contribution in [1.29, 1.82) is 0 Å². The van der Waals surface area contributed by atoms with Gasteiger partial charge in [-0.25, -0.2) is 0 Å². The minimum Gasteiger partial charge on any atom is -0.383 e. The summed E-state index contributed by atoms with van der Waals surface area (Å²) in [5.74, 6) is 0.612. The lowest BCUT2D eigenvalue weighted by Gasteiger charge is -2.38. The normalized spacial score (nSPS) is 20.9. The molecular formula is C11H20N4S. The van der Waals surface area contributed by atoms with Crippen LogP contribution in [0.1, 0.15) is 19.8 Å². The standard InChI is InChI=1S/C11H20N4S/c1-11(3-5-15(2)6-4-11)8-13-10-7-9(12)14-16-10/h7,13H,3-6,8H2,1-2H3,(H2,12,14). The number of nitrogens with zero attached hydrogens (tertiary/aromatic N) is 2. The molecule has 0 aromatic carbocycles. The molecule has 1 aliphatic rings. The quantitative estimate of drug-likeness (QED) is 0.847. The Labute approximate surface area is 101 Å². The largest absolute Gasteiger partial charge is 0.383 e. The topological polar surface area (TPSA) is 54.2 Å². The Balaban J connectivity index is 1.85. The van der Waals surface area contributed by atoms with Crippen molar-refractivity contribution in [3.8, 4) is 0 Å². The molecule has 0 atom stereocenters. The molecule has 2 heterocycles. The first-order chi connectivity index (χ1) is 7.57. The molecule has 0 amide bonds. The molecule has 2 rings (SSSR count). The molecule has 0 bridgehead atoms. The SMILES string of the molecule is CN1CCC(C)(CNc2cc(N)ns2)CC1. The van der Waals surface area contributed by atoms with E-state index in [0.717, 1.165) is 11.5 Å². The summed E-state index contributed by atoms with van der Waals surface area (Å²) < 4.78 is 4.06. The van der Waals surface area contributed by atoms with Crippen LogP contribution in [0.25, 0.3) is 0 Å². The molecule has 4 nitrogen and oxygen atoms in total. The second-order valence-corrected chi connectivity index (χ2v) is 5.89. The minimum atomic E-state index is 0.408. The first kappa shape index (κ1) is 11.7. The highest BCUT2D eigenvalue weighted by atomic mass is 32.1. The van der Waals surface area contributed by atoms with Crippen LogP contribution in [0.2, 0.25) is 0 Å². The fraction of sp³-hybridized carbons (Fsp3) is 0.727. The molecule has 1 saturated heterocycles. The second kappa shape index (κ2) is 4.59. The van der Waals surface area contributed by atoms with E-state index in [-0.39, 0.29) is 0 Å². The molecular weight excluding hydrogens is 220 g/mol. The van der Waals surface area contributed by atoms with Gasteiger partial charge in [0, 0.05) is 12.6 Å². The number of likely N-dealkylation sites (tertiary alicyclic amines) is 1. The number of rotatable bonds is 3. The predicted molar refractivity (Wildman–Crippen MR) is 69.9 cm³/mol. The molecule has 1 aromatic rings. The molecule has 0 unspecified atom stereocenters. The third kappa shape index (κ3) is 2.86. The van der Waals surface area contributed by atoms with Crippen LogP contribution in [0.5, 0.6) is 0 Å². The monoisotopic (exact) mass is 240 g/mol. The number of nitrogen functional groups attached to an aromatic ring is 1. The Morgan fingerprint density at radius 2 is 2.25 bits per heavy atom. The number of nitrogens with two attached hydrogens (primary N) is 1. The van der Waals surface area contributed by atoms with Crippen LogP contribution in [0.3, 0.4) is 0 Å². The number of hydrogen-bond acceptors (Lipinski definition) is 5. The van der Waals surface area contributed by atoms with E-state index in [1.165, 1.54) is 37.5 Å². The number of aromatic nitrogens is 1. The molecule has 0 spiro atoms. The van der Waals surface area contributed by atoms with E-state index in [2.05, 4.69) is 28.6 Å². The van der Waals surface area contributed by atoms with E-state index < -0.39 is 0 Å². The van der Waals surface area contributed by atoms with E-state index in [1.54, 1.807) is 0 Å². The summed E-state index contributed by atoms with van der Waals surface area (Å²) in [6, 6.07) is 1.91. The summed E-state index contributed by atoms with van der Waals surface area (Å²) in [6.45, 7) is 5.77. The average Bonchev–Trinajstić information content (AvgIpc) is 2.67. The fourth-order valence-corrected chi connectivity index (χ4v) is 2.57. The average molecular weight is 240 g/mol. The molecule has 1 aliphatic heterocycles. The Hall–Kier alpha value is -0.810. The first-order valence-corrected chi connectivity index (χ1v) is 6.49. The Bertz CT molecular complexity index is 342. The maximum absolute atomic E-state index is 5.59. The minimum absolute atomic E-state index is 0.408. The second-order valence-electron chi connectivity index (χ2n) is 5.08. The van der Waals surface area contributed by atoms with Crippen molar-refractivity contribution in [3.63, 3.8) is 0 Å². The zero-order chi connectivity index (χ0) is 11.6. The molecule has 1 fully saturated rings. The summed E-state index contributed by atoms with van der Waals surface area (Å²) in [5.41, 5.74) is 6.00. The smallest absolute Gasteiger partial charge is 0.139 e. The molecule has 0 radical (unpaired) electrons. The Morgan fingerprint density at radius 3 is 2.81 bits per heavy atom. The fourth-order valence-electron chi connectivity index (χ4n) is 2.01. The number of hydrogen-bond donors (Lipinski definition) is 2. The Kier molecular flexibility index (Phi) is 3.35. The number of anilines is 2. The van der Waals surface area contributed by atoms with Gasteiger partial charge in [-0.1, -0.05) is 6.92 Å². The molecule has 0 aliphatic carbocycles. The summed E-state index contributed by atoms with van der Waals surface area (Å²) >= 11 is 1.44. The lowest BCUT2D eigenvalue weighted by Crippen LogP contribution is -2.39. The number of nitrogens with one attached hydrogen (secondary N) is 1. The van der Waals surface area contributed by atoms with Crippen molar-refractivity contribution in [2.24, 2.45) is 5.41 Å². The van der Waals surface area contributed by atoms with Crippen molar-refractivity contribution in [3.05, 3.63) is 6.07 Å². The van der Waals surface area contributed by atoms with Crippen LogP contribution in [-0.4, -0.2) is 36.0 Å². The summed E-state index contributed by atoms with van der Waals surface area (Å²) in [5, 5.41) is 4.53. The van der Waals surface area contributed by atoms with E-state index in [0.29, 0.717) is 11.2 Å². The van der Waals surface area contributed by atoms with Crippen LogP contribution in [0, 0.1) is 5.41 Å². The van der Waals surface area contributed by atoms with Crippen LogP contribution in [0.15, 0.2) is 6.07 Å². The van der Waals surface area contributed by atoms with Crippen LogP contribution in [-0.2, 0) is 0 Å². The van der Waals surface area contributed by atoms with Crippen molar-refractivity contribution >= 4 is 22.4 Å². The van der Waals surface area contributed by atoms with Crippen LogP contribution in [0.4, 0.5) is 10.8 Å². The van der Waals surface area contributed by atoms with Gasteiger partial charge in [0.25, 0.3) is 0 Å². The summed E-state index contributed by atoms with van der Waals surface area (Å²) in [6.07, 6.45) is 2.51. The van der Waals surface area contributed by atoms with Gasteiger partial charge in [0.1, 0.15) is 10.8 Å². The van der Waals surface area contributed by atoms with Crippen molar-refractivity contribution in [2.75, 3.05) is 37.7 Å². The summed E-state index contributed by atoms with van der Waals surface area (Å²) in [7, 11) is 2.19. The van der Waals surface area contributed by atoms with Gasteiger partial charge in [-0.3, -0.25) is 0 Å². The van der Waals surface area contributed by atoms with Gasteiger partial charge in [0.2, 0.25) is 0 Å². The maximum Gasteiger partial charge on any atom is 0.139 e. The van der Waals surface area contributed by atoms with Gasteiger partial charge >= 0.3 is 0 Å². The molecule has 3 N–H and O–H groups in total. The zero-order valence-corrected chi connectivity index (χ0v) is 10.8. The van der Waals surface area contributed by atoms with Gasteiger partial charge in [0.15, 0.2) is 0 Å². The highest BCUT2D eigenvalue weighted by Gasteiger charge is 2.28. The molecule has 0 saturated carbocycles. The zero-order valence-electron chi connectivity index (χ0n) is 9.99. The van der Waals surface area contributed by atoms with Crippen molar-refractivity contribution < 1.29 is 0 Å². The third-order valence-corrected chi connectivity index (χ3v) is 4.17. The van der Waals surface area contributed by atoms with Gasteiger partial charge in [-0.2, -0.15) is 4.37 Å². The van der Waals surface area contributed by atoms with Gasteiger partial charge < -0.3 is 16.0 Å². The highest BCUT2D eigenvalue weighted by Crippen LogP contribution is 2.31. The van der Waals surface area contributed by atoms with Crippen LogP contribution < -0.4 is 11.1 Å². The van der Waals surface area contributed by atoms with Crippen LogP contribution >= 0.6 is 11.5 Å². The van der Waals surface area contributed by atoms with E-state index in [4.69, 9.17) is 5.73 Å². The maximum atomic E-state index is 5.59. The molecule has 1 aromatic heterocycles. The van der Waals surface area contributed by atoms with Gasteiger partial charge in [-0.05, 0) is 49.9 Å². The molecule has 90 valence electrons. The van der Waals surface area contributed by atoms with Crippen molar-refractivity contribution in [2.45, 2.75) is 19.8 Å². The lowest BCUT2D eigenvalue weighted by atomic mass is 9.80. The Morgan fingerprint density at radius 1 is 1.56 bits per heavy atom. The lowest BCUT2D eigenvalue weighted by molar-refractivity contribution is 0.151. The van der Waals surface area contributed by atoms with Gasteiger partial charge in [-0.15, -0.1) is 0 Å². The third-order valence-electron chi connectivity index (χ3n) is 3.41. The molecule has 16 heavy (non-hydrogen) atoms. The predicted octanol–water partition coefficient (Wildman–Crippen LogP) is 1.87. The van der Waals surface area contributed by atoms with Crippen molar-refractivity contribution in [1.82, 2.24) is 9.27 Å². The van der Waals surface area contributed by atoms with E-state index in [1.807, 2.05) is 6.07 Å². The number of piperidine rings is 1. The van der Waals surface area contributed by atoms with Gasteiger partial charge in [0.05, 0.1) is 0 Å². The summed E-state index contributed by atoms with van der Waals surface area (Å²) in [4.78, 5) is 2.40. The van der Waals surface area contributed by atoms with E-state index >= 15 is 0 Å². The van der Waals surface area contributed by atoms with E-state index in [9.17, 15) is 0 Å².